The van der Waals surface area contributed by atoms with Crippen LogP contribution in [0.15, 0.2) is 0 Å². The fourth-order valence-electron chi connectivity index (χ4n) is 6.77. The molecule has 2 atom stereocenters. The van der Waals surface area contributed by atoms with E-state index in [2.05, 4.69) is 13.8 Å². The molecule has 0 rings (SSSR count). The van der Waals surface area contributed by atoms with E-state index in [1.807, 2.05) is 0 Å². The number of carboxylic acids is 1. The monoisotopic (exact) mass is 759 g/mol. The summed E-state index contributed by atoms with van der Waals surface area (Å²) in [7, 11) is 0. The van der Waals surface area contributed by atoms with Gasteiger partial charge in [-0.3, -0.25) is 19.2 Å². The number of carbonyl (C=O) groups is 4. The van der Waals surface area contributed by atoms with Gasteiger partial charge < -0.3 is 19.3 Å². The second kappa shape index (κ2) is 34.9. The number of alkyl halides is 1. The summed E-state index contributed by atoms with van der Waals surface area (Å²) in [6, 6.07) is 0. The normalized spacial score (nSPS) is 13.1. The molecule has 0 saturated carbocycles. The maximum absolute atomic E-state index is 13.0. The van der Waals surface area contributed by atoms with Crippen molar-refractivity contribution in [2.24, 2.45) is 11.3 Å². The molecule has 9 heteroatoms. The number of hydrogen-bond donors (Lipinski definition) is 1. The number of hydrogen-bond acceptors (Lipinski definition) is 7. The minimum Gasteiger partial charge on any atom is -0.481 e. The molecular weight excluding hydrogens is 680 g/mol. The minimum absolute atomic E-state index is 0.00354. The molecule has 0 aromatic heterocycles. The van der Waals surface area contributed by atoms with Gasteiger partial charge in [0.1, 0.15) is 6.61 Å². The Morgan fingerprint density at radius 3 is 1.17 bits per heavy atom. The van der Waals surface area contributed by atoms with Crippen molar-refractivity contribution in [2.45, 2.75) is 227 Å². The van der Waals surface area contributed by atoms with Gasteiger partial charge in [0.2, 0.25) is 6.29 Å². The van der Waals surface area contributed by atoms with Gasteiger partial charge in [-0.05, 0) is 18.3 Å². The zero-order valence-electron chi connectivity index (χ0n) is 34.0. The number of carbonyl (C=O) groups excluding carboxylic acids is 3. The molecular formula is C43H79ClO8. The Bertz CT molecular complexity index is 852. The van der Waals surface area contributed by atoms with Crippen LogP contribution in [0.3, 0.4) is 0 Å². The first-order chi connectivity index (χ1) is 25.1. The van der Waals surface area contributed by atoms with E-state index in [0.717, 1.165) is 38.5 Å². The van der Waals surface area contributed by atoms with Gasteiger partial charge in [0.25, 0.3) is 0 Å². The Balaban J connectivity index is 4.89. The zero-order valence-corrected chi connectivity index (χ0v) is 34.7. The van der Waals surface area contributed by atoms with Crippen LogP contribution >= 0.6 is 11.6 Å². The van der Waals surface area contributed by atoms with Crippen molar-refractivity contribution in [1.29, 1.82) is 0 Å². The molecule has 0 saturated heterocycles. The third-order valence-corrected chi connectivity index (χ3v) is 10.6. The summed E-state index contributed by atoms with van der Waals surface area (Å²) in [5.74, 6) is -3.36. The highest BCUT2D eigenvalue weighted by Gasteiger charge is 2.43. The third-order valence-electron chi connectivity index (χ3n) is 10.4. The largest absolute Gasteiger partial charge is 0.481 e. The van der Waals surface area contributed by atoms with Crippen LogP contribution in [0.4, 0.5) is 0 Å². The highest BCUT2D eigenvalue weighted by Crippen LogP contribution is 2.39. The van der Waals surface area contributed by atoms with Gasteiger partial charge in [0.05, 0.1) is 18.7 Å². The van der Waals surface area contributed by atoms with Crippen LogP contribution in [0.2, 0.25) is 0 Å². The van der Waals surface area contributed by atoms with Crippen molar-refractivity contribution in [3.05, 3.63) is 0 Å². The van der Waals surface area contributed by atoms with Gasteiger partial charge in [-0.1, -0.05) is 182 Å². The lowest BCUT2D eigenvalue weighted by atomic mass is 9.72. The molecule has 0 heterocycles. The summed E-state index contributed by atoms with van der Waals surface area (Å²) in [4.78, 5) is 50.5. The minimum atomic E-state index is -1.31. The molecule has 0 aromatic carbocycles. The second-order valence-electron chi connectivity index (χ2n) is 15.4. The highest BCUT2D eigenvalue weighted by atomic mass is 35.5. The topological polar surface area (TPSA) is 116 Å². The summed E-state index contributed by atoms with van der Waals surface area (Å²) in [5, 5.41) is 9.72. The van der Waals surface area contributed by atoms with Crippen LogP contribution < -0.4 is 0 Å². The lowest BCUT2D eigenvalue weighted by Crippen LogP contribution is -2.42. The summed E-state index contributed by atoms with van der Waals surface area (Å²) >= 11 is 5.67. The fraction of sp³-hybridized carbons (Fsp3) is 0.907. The number of unbranched alkanes of at least 4 members (excludes halogenated alkanes) is 24. The number of aliphatic carboxylic acids is 1. The molecule has 52 heavy (non-hydrogen) atoms. The van der Waals surface area contributed by atoms with Crippen molar-refractivity contribution in [1.82, 2.24) is 0 Å². The first kappa shape index (κ1) is 50.2. The van der Waals surface area contributed by atoms with Crippen LogP contribution in [-0.2, 0) is 33.4 Å². The zero-order chi connectivity index (χ0) is 38.7. The molecule has 0 spiro atoms. The van der Waals surface area contributed by atoms with Crippen molar-refractivity contribution < 1.29 is 38.5 Å². The van der Waals surface area contributed by atoms with Gasteiger partial charge in [-0.25, -0.2) is 0 Å². The molecule has 1 N–H and O–H groups in total. The number of halogens is 1. The third kappa shape index (κ3) is 29.6. The SMILES string of the molecule is CCCCCCCCCCCCCCCC(=O)OC(OC(=O)CCCCCCCCCCCCCCC)C(C)C(C)(CC(=O)O)CC(=O)OCCCl. The molecule has 0 aliphatic heterocycles. The van der Waals surface area contributed by atoms with Crippen LogP contribution in [-0.4, -0.2) is 47.8 Å². The van der Waals surface area contributed by atoms with E-state index in [0.29, 0.717) is 12.8 Å². The van der Waals surface area contributed by atoms with Gasteiger partial charge in [0, 0.05) is 18.8 Å². The first-order valence-corrected chi connectivity index (χ1v) is 21.9. The number of esters is 3. The van der Waals surface area contributed by atoms with E-state index in [-0.39, 0.29) is 31.7 Å². The Morgan fingerprint density at radius 2 is 0.865 bits per heavy atom. The van der Waals surface area contributed by atoms with Crippen LogP contribution in [0.1, 0.15) is 220 Å². The Morgan fingerprint density at radius 1 is 0.538 bits per heavy atom. The maximum atomic E-state index is 13.0. The van der Waals surface area contributed by atoms with Crippen molar-refractivity contribution >= 4 is 35.5 Å². The standard InChI is InChI=1S/C43H79ClO8/c1-5-7-9-11-13-15-17-19-21-23-25-27-29-31-39(47)51-42(37(3)43(4,35-38(45)46)36-41(49)50-34-33-44)52-40(48)32-30-28-26-24-22-20-18-16-14-12-10-8-6-2/h37,42H,5-36H2,1-4H3,(H,45,46). The summed E-state index contributed by atoms with van der Waals surface area (Å²) in [5.41, 5.74) is -1.20. The summed E-state index contributed by atoms with van der Waals surface area (Å²) < 4.78 is 16.6. The van der Waals surface area contributed by atoms with Crippen LogP contribution in [0.25, 0.3) is 0 Å². The van der Waals surface area contributed by atoms with E-state index < -0.39 is 47.9 Å². The van der Waals surface area contributed by atoms with Gasteiger partial charge in [-0.2, -0.15) is 0 Å². The van der Waals surface area contributed by atoms with Crippen LogP contribution in [0, 0.1) is 11.3 Å². The quantitative estimate of drug-likeness (QED) is 0.0286. The molecule has 2 unspecified atom stereocenters. The predicted octanol–water partition coefficient (Wildman–Crippen LogP) is 12.7. The predicted molar refractivity (Wildman–Crippen MR) is 212 cm³/mol. The van der Waals surface area contributed by atoms with E-state index in [4.69, 9.17) is 25.8 Å². The fourth-order valence-corrected chi connectivity index (χ4v) is 6.85. The second-order valence-corrected chi connectivity index (χ2v) is 15.8. The highest BCUT2D eigenvalue weighted by molar-refractivity contribution is 6.18. The van der Waals surface area contributed by atoms with Crippen molar-refractivity contribution in [2.75, 3.05) is 12.5 Å². The Kier molecular flexibility index (Phi) is 33.7. The summed E-state index contributed by atoms with van der Waals surface area (Å²) in [6.07, 6.45) is 29.5. The summed E-state index contributed by atoms with van der Waals surface area (Å²) in [6.45, 7) is 7.78. The van der Waals surface area contributed by atoms with Crippen LogP contribution in [0.5, 0.6) is 0 Å². The molecule has 0 aromatic rings. The number of ether oxygens (including phenoxy) is 3. The molecule has 0 radical (unpaired) electrons. The van der Waals surface area contributed by atoms with Gasteiger partial charge >= 0.3 is 23.9 Å². The molecule has 0 bridgehead atoms. The van der Waals surface area contributed by atoms with E-state index >= 15 is 0 Å². The average molecular weight is 760 g/mol. The van der Waals surface area contributed by atoms with E-state index in [9.17, 15) is 24.3 Å². The Labute approximate surface area is 323 Å². The number of rotatable bonds is 38. The molecule has 0 fully saturated rings. The van der Waals surface area contributed by atoms with E-state index in [1.165, 1.54) is 116 Å². The molecule has 0 aliphatic carbocycles. The van der Waals surface area contributed by atoms with Gasteiger partial charge in [-0.15, -0.1) is 11.6 Å². The van der Waals surface area contributed by atoms with Crippen molar-refractivity contribution in [3.8, 4) is 0 Å². The van der Waals surface area contributed by atoms with E-state index in [1.54, 1.807) is 13.8 Å². The molecule has 306 valence electrons. The lowest BCUT2D eigenvalue weighted by molar-refractivity contribution is -0.206. The molecule has 0 aliphatic rings. The molecule has 8 nitrogen and oxygen atoms in total. The molecule has 0 amide bonds. The maximum Gasteiger partial charge on any atom is 0.308 e. The smallest absolute Gasteiger partial charge is 0.308 e. The first-order valence-electron chi connectivity index (χ1n) is 21.4. The Hall–Kier alpha value is -1.83. The van der Waals surface area contributed by atoms with Gasteiger partial charge in [0.15, 0.2) is 0 Å². The lowest BCUT2D eigenvalue weighted by Gasteiger charge is -2.37. The average Bonchev–Trinajstić information content (AvgIpc) is 3.10. The number of carboxylic acid groups (broad SMARTS) is 1. The van der Waals surface area contributed by atoms with Crippen molar-refractivity contribution in [3.63, 3.8) is 0 Å².